The van der Waals surface area contributed by atoms with Crippen LogP contribution in [-0.4, -0.2) is 15.8 Å². The summed E-state index contributed by atoms with van der Waals surface area (Å²) >= 11 is 12.2. The molecular formula is C22H20Cl2N4O. The molecule has 0 unspecified atom stereocenters. The second-order valence-corrected chi connectivity index (χ2v) is 8.72. The van der Waals surface area contributed by atoms with Crippen LogP contribution >= 0.6 is 23.2 Å². The fourth-order valence-electron chi connectivity index (χ4n) is 3.47. The van der Waals surface area contributed by atoms with Crippen LogP contribution in [0, 0.1) is 5.41 Å². The molecule has 0 aliphatic heterocycles. The fourth-order valence-corrected chi connectivity index (χ4v) is 3.77. The summed E-state index contributed by atoms with van der Waals surface area (Å²) in [4.78, 5) is 22.2. The van der Waals surface area contributed by atoms with Gasteiger partial charge in [0.05, 0.1) is 21.3 Å². The minimum absolute atomic E-state index is 0.0325. The van der Waals surface area contributed by atoms with Gasteiger partial charge in [-0.05, 0) is 42.2 Å². The van der Waals surface area contributed by atoms with Gasteiger partial charge in [-0.3, -0.25) is 4.79 Å². The number of ketones is 1. The van der Waals surface area contributed by atoms with Gasteiger partial charge in [0.2, 0.25) is 5.95 Å². The second-order valence-electron chi connectivity index (χ2n) is 7.90. The Bertz CT molecular complexity index is 1080. The van der Waals surface area contributed by atoms with E-state index in [0.717, 1.165) is 11.4 Å². The average molecular weight is 427 g/mol. The summed E-state index contributed by atoms with van der Waals surface area (Å²) in [6.45, 7) is 4.15. The number of anilines is 4. The van der Waals surface area contributed by atoms with Crippen molar-refractivity contribution in [2.45, 2.75) is 26.7 Å². The maximum absolute atomic E-state index is 12.9. The van der Waals surface area contributed by atoms with Crippen molar-refractivity contribution in [3.8, 4) is 0 Å². The lowest BCUT2D eigenvalue weighted by atomic mass is 9.75. The molecule has 0 fully saturated rings. The molecule has 5 nitrogen and oxygen atoms in total. The Morgan fingerprint density at radius 1 is 0.897 bits per heavy atom. The lowest BCUT2D eigenvalue weighted by Gasteiger charge is -2.30. The third kappa shape index (κ3) is 4.36. The number of fused-ring (bicyclic) bond motifs is 1. The van der Waals surface area contributed by atoms with Crippen molar-refractivity contribution in [1.29, 1.82) is 0 Å². The highest BCUT2D eigenvalue weighted by atomic mass is 35.5. The minimum Gasteiger partial charge on any atom is -0.339 e. The lowest BCUT2D eigenvalue weighted by Crippen LogP contribution is -2.29. The van der Waals surface area contributed by atoms with Crippen LogP contribution in [0.1, 0.15) is 36.3 Å². The molecule has 1 aromatic heterocycles. The molecule has 0 amide bonds. The number of nitrogens with one attached hydrogen (secondary N) is 2. The van der Waals surface area contributed by atoms with Crippen LogP contribution in [0.3, 0.4) is 0 Å². The molecule has 0 saturated carbocycles. The summed E-state index contributed by atoms with van der Waals surface area (Å²) in [6.07, 6.45) is 1.14. The normalized spacial score (nSPS) is 15.0. The third-order valence-electron chi connectivity index (χ3n) is 4.76. The van der Waals surface area contributed by atoms with Crippen molar-refractivity contribution < 1.29 is 4.79 Å². The number of hydrogen-bond acceptors (Lipinski definition) is 5. The van der Waals surface area contributed by atoms with Crippen molar-refractivity contribution >= 4 is 52.1 Å². The topological polar surface area (TPSA) is 66.9 Å². The van der Waals surface area contributed by atoms with Crippen LogP contribution in [0.25, 0.3) is 0 Å². The van der Waals surface area contributed by atoms with Crippen molar-refractivity contribution in [3.63, 3.8) is 0 Å². The number of Topliss-reactive ketones (excluding diaryl/α,β-unsaturated/α-hetero) is 1. The predicted molar refractivity (Wildman–Crippen MR) is 118 cm³/mol. The maximum atomic E-state index is 12.9. The SMILES string of the molecule is CC1(C)CC(=O)c2c(nc(Nc3ccccc3)nc2Nc2ccc(Cl)c(Cl)c2)C1. The van der Waals surface area contributed by atoms with Crippen LogP contribution in [0.2, 0.25) is 10.0 Å². The highest BCUT2D eigenvalue weighted by Gasteiger charge is 2.35. The lowest BCUT2D eigenvalue weighted by molar-refractivity contribution is 0.0911. The van der Waals surface area contributed by atoms with Crippen LogP contribution in [0.5, 0.6) is 0 Å². The molecule has 0 saturated heterocycles. The Labute approximate surface area is 179 Å². The Kier molecular flexibility index (Phi) is 5.19. The van der Waals surface area contributed by atoms with Crippen molar-refractivity contribution in [3.05, 3.63) is 69.8 Å². The quantitative estimate of drug-likeness (QED) is 0.503. The maximum Gasteiger partial charge on any atom is 0.229 e. The smallest absolute Gasteiger partial charge is 0.229 e. The van der Waals surface area contributed by atoms with Gasteiger partial charge >= 0.3 is 0 Å². The molecule has 2 aromatic carbocycles. The van der Waals surface area contributed by atoms with Gasteiger partial charge in [-0.25, -0.2) is 4.98 Å². The van der Waals surface area contributed by atoms with Gasteiger partial charge in [0.1, 0.15) is 5.82 Å². The van der Waals surface area contributed by atoms with E-state index in [-0.39, 0.29) is 11.2 Å². The van der Waals surface area contributed by atoms with Crippen LogP contribution in [0.4, 0.5) is 23.1 Å². The van der Waals surface area contributed by atoms with E-state index in [1.807, 2.05) is 30.3 Å². The minimum atomic E-state index is -0.150. The third-order valence-corrected chi connectivity index (χ3v) is 5.50. The fraction of sp³-hybridized carbons (Fsp3) is 0.227. The van der Waals surface area contributed by atoms with Crippen LogP contribution in [0.15, 0.2) is 48.5 Å². The summed E-state index contributed by atoms with van der Waals surface area (Å²) in [7, 11) is 0. The van der Waals surface area contributed by atoms with Crippen molar-refractivity contribution in [2.24, 2.45) is 5.41 Å². The highest BCUT2D eigenvalue weighted by Crippen LogP contribution is 2.38. The van der Waals surface area contributed by atoms with Gasteiger partial charge in [0, 0.05) is 17.8 Å². The molecule has 1 aliphatic carbocycles. The summed E-state index contributed by atoms with van der Waals surface area (Å²) in [5.74, 6) is 0.931. The standard InChI is InChI=1S/C22H20Cl2N4O/c1-22(2)11-17-19(18(29)12-22)20(25-14-8-9-15(23)16(24)10-14)28-21(27-17)26-13-6-4-3-5-7-13/h3-10H,11-12H2,1-2H3,(H2,25,26,27,28). The van der Waals surface area contributed by atoms with Crippen LogP contribution < -0.4 is 10.6 Å². The van der Waals surface area contributed by atoms with Gasteiger partial charge in [0.15, 0.2) is 5.78 Å². The first-order chi connectivity index (χ1) is 13.8. The van der Waals surface area contributed by atoms with Gasteiger partial charge in [-0.15, -0.1) is 0 Å². The Balaban J connectivity index is 1.78. The molecule has 7 heteroatoms. The molecule has 3 aromatic rings. The van der Waals surface area contributed by atoms with Gasteiger partial charge in [0.25, 0.3) is 0 Å². The van der Waals surface area contributed by atoms with Gasteiger partial charge in [-0.2, -0.15) is 4.98 Å². The zero-order valence-electron chi connectivity index (χ0n) is 16.1. The Hall–Kier alpha value is -2.63. The molecule has 1 aliphatic rings. The Morgan fingerprint density at radius 3 is 2.38 bits per heavy atom. The second kappa shape index (κ2) is 7.65. The largest absolute Gasteiger partial charge is 0.339 e. The van der Waals surface area contributed by atoms with E-state index < -0.39 is 0 Å². The number of carbonyl (C=O) groups is 1. The van der Waals surface area contributed by atoms with Gasteiger partial charge < -0.3 is 10.6 Å². The summed E-state index contributed by atoms with van der Waals surface area (Å²) < 4.78 is 0. The highest BCUT2D eigenvalue weighted by molar-refractivity contribution is 6.42. The molecule has 29 heavy (non-hydrogen) atoms. The molecule has 0 spiro atoms. The first-order valence-electron chi connectivity index (χ1n) is 9.29. The molecule has 1 heterocycles. The molecule has 0 atom stereocenters. The average Bonchev–Trinajstić information content (AvgIpc) is 2.64. The van der Waals surface area contributed by atoms with E-state index in [1.165, 1.54) is 0 Å². The number of aromatic nitrogens is 2. The monoisotopic (exact) mass is 426 g/mol. The number of hydrogen-bond donors (Lipinski definition) is 2. The number of benzene rings is 2. The van der Waals surface area contributed by atoms with E-state index in [0.29, 0.717) is 45.9 Å². The number of carbonyl (C=O) groups excluding carboxylic acids is 1. The molecule has 0 radical (unpaired) electrons. The zero-order valence-corrected chi connectivity index (χ0v) is 17.6. The van der Waals surface area contributed by atoms with E-state index in [1.54, 1.807) is 18.2 Å². The summed E-state index contributed by atoms with van der Waals surface area (Å²) in [6, 6.07) is 14.9. The first kappa shape index (κ1) is 19.7. The zero-order chi connectivity index (χ0) is 20.6. The van der Waals surface area contributed by atoms with Crippen molar-refractivity contribution in [2.75, 3.05) is 10.6 Å². The number of rotatable bonds is 4. The molecule has 2 N–H and O–H groups in total. The van der Waals surface area contributed by atoms with Crippen LogP contribution in [-0.2, 0) is 6.42 Å². The summed E-state index contributed by atoms with van der Waals surface area (Å²) in [5, 5.41) is 7.34. The predicted octanol–water partition coefficient (Wildman–Crippen LogP) is 6.43. The number of para-hydroxylation sites is 1. The first-order valence-corrected chi connectivity index (χ1v) is 10.0. The Morgan fingerprint density at radius 2 is 1.66 bits per heavy atom. The van der Waals surface area contributed by atoms with E-state index >= 15 is 0 Å². The number of nitrogens with zero attached hydrogens (tertiary/aromatic N) is 2. The van der Waals surface area contributed by atoms with E-state index in [4.69, 9.17) is 23.2 Å². The number of halogens is 2. The van der Waals surface area contributed by atoms with E-state index in [9.17, 15) is 4.79 Å². The van der Waals surface area contributed by atoms with Gasteiger partial charge in [-0.1, -0.05) is 55.2 Å². The summed E-state index contributed by atoms with van der Waals surface area (Å²) in [5.41, 5.74) is 2.69. The molecule has 0 bridgehead atoms. The molecule has 4 rings (SSSR count). The van der Waals surface area contributed by atoms with Crippen molar-refractivity contribution in [1.82, 2.24) is 9.97 Å². The molecule has 148 valence electrons. The van der Waals surface area contributed by atoms with E-state index in [2.05, 4.69) is 34.4 Å². The molecular weight excluding hydrogens is 407 g/mol.